The number of carboxylic acid groups (broad SMARTS) is 1. The van der Waals surface area contributed by atoms with Crippen LogP contribution in [0.2, 0.25) is 0 Å². The maximum Gasteiger partial charge on any atom is 0.336 e. The lowest BCUT2D eigenvalue weighted by Crippen LogP contribution is -2.05. The highest BCUT2D eigenvalue weighted by Gasteiger charge is 2.12. The molecule has 2 aromatic heterocycles. The smallest absolute Gasteiger partial charge is 0.336 e. The molecule has 0 amide bonds. The summed E-state index contributed by atoms with van der Waals surface area (Å²) < 4.78 is 1.84. The van der Waals surface area contributed by atoms with Gasteiger partial charge in [0.1, 0.15) is 6.33 Å². The summed E-state index contributed by atoms with van der Waals surface area (Å²) in [6.45, 7) is 7.42. The van der Waals surface area contributed by atoms with Crippen molar-refractivity contribution < 1.29 is 9.90 Å². The molecule has 0 radical (unpaired) electrons. The SMILES string of the molecule is CCC(CCc1ncn(Cc2ccc(-c3ccccc3C(=O)O)nc2)n1)CCC(C)C. The molecule has 0 aliphatic rings. The molecule has 6 heteroatoms. The minimum atomic E-state index is -0.953. The second-order valence-electron chi connectivity index (χ2n) is 8.54. The van der Waals surface area contributed by atoms with Gasteiger partial charge in [-0.2, -0.15) is 5.10 Å². The van der Waals surface area contributed by atoms with Crippen molar-refractivity contribution in [2.75, 3.05) is 0 Å². The van der Waals surface area contributed by atoms with Crippen LogP contribution in [-0.2, 0) is 13.0 Å². The highest BCUT2D eigenvalue weighted by Crippen LogP contribution is 2.22. The van der Waals surface area contributed by atoms with Crippen molar-refractivity contribution >= 4 is 5.97 Å². The van der Waals surface area contributed by atoms with Gasteiger partial charge < -0.3 is 5.11 Å². The van der Waals surface area contributed by atoms with Crippen LogP contribution in [-0.4, -0.2) is 30.8 Å². The number of hydrogen-bond donors (Lipinski definition) is 1. The molecule has 0 spiro atoms. The fourth-order valence-corrected chi connectivity index (χ4v) is 3.74. The van der Waals surface area contributed by atoms with Crippen molar-refractivity contribution in [1.82, 2.24) is 19.7 Å². The number of carboxylic acids is 1. The van der Waals surface area contributed by atoms with Crippen LogP contribution in [0.5, 0.6) is 0 Å². The molecule has 1 aromatic carbocycles. The van der Waals surface area contributed by atoms with E-state index in [1.165, 1.54) is 19.3 Å². The maximum absolute atomic E-state index is 11.4. The largest absolute Gasteiger partial charge is 0.478 e. The predicted molar refractivity (Wildman–Crippen MR) is 122 cm³/mol. The first-order chi connectivity index (χ1) is 15.0. The van der Waals surface area contributed by atoms with E-state index in [4.69, 9.17) is 0 Å². The molecule has 3 rings (SSSR count). The molecule has 1 unspecified atom stereocenters. The number of rotatable bonds is 11. The first-order valence-corrected chi connectivity index (χ1v) is 11.1. The average molecular weight is 421 g/mol. The number of aromatic carboxylic acids is 1. The van der Waals surface area contributed by atoms with Gasteiger partial charge in [0.2, 0.25) is 0 Å². The minimum Gasteiger partial charge on any atom is -0.478 e. The van der Waals surface area contributed by atoms with E-state index in [1.54, 1.807) is 30.7 Å². The van der Waals surface area contributed by atoms with Crippen molar-refractivity contribution in [3.05, 3.63) is 65.9 Å². The number of aryl methyl sites for hydroxylation is 1. The molecule has 3 aromatic rings. The van der Waals surface area contributed by atoms with Gasteiger partial charge in [0.25, 0.3) is 0 Å². The van der Waals surface area contributed by atoms with Gasteiger partial charge in [-0.3, -0.25) is 4.98 Å². The Morgan fingerprint density at radius 1 is 1.06 bits per heavy atom. The quantitative estimate of drug-likeness (QED) is 0.444. The highest BCUT2D eigenvalue weighted by atomic mass is 16.4. The van der Waals surface area contributed by atoms with Crippen molar-refractivity contribution in [3.8, 4) is 11.3 Å². The Hall–Kier alpha value is -3.02. The molecule has 164 valence electrons. The van der Waals surface area contributed by atoms with Gasteiger partial charge in [-0.15, -0.1) is 0 Å². The third kappa shape index (κ3) is 6.48. The lowest BCUT2D eigenvalue weighted by molar-refractivity contribution is 0.0697. The van der Waals surface area contributed by atoms with Gasteiger partial charge >= 0.3 is 5.97 Å². The molecule has 1 atom stereocenters. The van der Waals surface area contributed by atoms with Gasteiger partial charge in [0.15, 0.2) is 5.82 Å². The maximum atomic E-state index is 11.4. The number of carbonyl (C=O) groups is 1. The standard InChI is InChI=1S/C25H32N4O2/c1-4-19(10-9-18(2)3)12-14-24-27-17-29(28-24)16-20-11-13-23(26-15-20)21-7-5-6-8-22(21)25(30)31/h5-8,11,13,15,17-19H,4,9-10,12,14,16H2,1-3H3,(H,30,31). The van der Waals surface area contributed by atoms with E-state index in [1.807, 2.05) is 22.9 Å². The molecular formula is C25H32N4O2. The summed E-state index contributed by atoms with van der Waals surface area (Å²) in [5.74, 6) is 1.43. The van der Waals surface area contributed by atoms with Crippen molar-refractivity contribution in [2.24, 2.45) is 11.8 Å². The first-order valence-electron chi connectivity index (χ1n) is 11.1. The van der Waals surface area contributed by atoms with E-state index >= 15 is 0 Å². The van der Waals surface area contributed by atoms with Crippen LogP contribution in [0.15, 0.2) is 48.9 Å². The van der Waals surface area contributed by atoms with Crippen LogP contribution in [0.1, 0.15) is 68.2 Å². The number of aromatic nitrogens is 4. The summed E-state index contributed by atoms with van der Waals surface area (Å²) in [6.07, 6.45) is 9.35. The number of pyridine rings is 1. The lowest BCUT2D eigenvalue weighted by atomic mass is 9.92. The molecule has 0 saturated carbocycles. The van der Waals surface area contributed by atoms with Crippen LogP contribution in [0.25, 0.3) is 11.3 Å². The number of nitrogens with zero attached hydrogens (tertiary/aromatic N) is 4. The Morgan fingerprint density at radius 3 is 2.55 bits per heavy atom. The van der Waals surface area contributed by atoms with E-state index in [9.17, 15) is 9.90 Å². The Morgan fingerprint density at radius 2 is 1.87 bits per heavy atom. The van der Waals surface area contributed by atoms with Gasteiger partial charge in [-0.1, -0.05) is 64.3 Å². The van der Waals surface area contributed by atoms with Gasteiger partial charge in [-0.05, 0) is 36.0 Å². The van der Waals surface area contributed by atoms with E-state index in [0.29, 0.717) is 17.8 Å². The molecular weight excluding hydrogens is 388 g/mol. The normalized spacial score (nSPS) is 12.3. The average Bonchev–Trinajstić information content (AvgIpc) is 3.21. The van der Waals surface area contributed by atoms with Crippen LogP contribution in [0.4, 0.5) is 0 Å². The summed E-state index contributed by atoms with van der Waals surface area (Å²) in [7, 11) is 0. The van der Waals surface area contributed by atoms with Crippen LogP contribution in [0.3, 0.4) is 0 Å². The molecule has 31 heavy (non-hydrogen) atoms. The van der Waals surface area contributed by atoms with Gasteiger partial charge in [0, 0.05) is 18.2 Å². The van der Waals surface area contributed by atoms with E-state index in [0.717, 1.165) is 36.1 Å². The second-order valence-corrected chi connectivity index (χ2v) is 8.54. The first kappa shape index (κ1) is 22.7. The van der Waals surface area contributed by atoms with E-state index in [2.05, 4.69) is 35.8 Å². The summed E-state index contributed by atoms with van der Waals surface area (Å²) in [6, 6.07) is 10.7. The summed E-state index contributed by atoms with van der Waals surface area (Å²) >= 11 is 0. The fraction of sp³-hybridized carbons (Fsp3) is 0.440. The predicted octanol–water partition coefficient (Wildman–Crippen LogP) is 5.48. The van der Waals surface area contributed by atoms with Crippen LogP contribution in [0, 0.1) is 11.8 Å². The second kappa shape index (κ2) is 10.8. The topological polar surface area (TPSA) is 80.9 Å². The molecule has 0 fully saturated rings. The zero-order valence-electron chi connectivity index (χ0n) is 18.7. The molecule has 6 nitrogen and oxygen atoms in total. The van der Waals surface area contributed by atoms with Crippen LogP contribution >= 0.6 is 0 Å². The fourth-order valence-electron chi connectivity index (χ4n) is 3.74. The zero-order chi connectivity index (χ0) is 22.2. The van der Waals surface area contributed by atoms with Crippen molar-refractivity contribution in [3.63, 3.8) is 0 Å². The number of hydrogen-bond acceptors (Lipinski definition) is 4. The third-order valence-corrected chi connectivity index (χ3v) is 5.69. The van der Waals surface area contributed by atoms with Gasteiger partial charge in [0.05, 0.1) is 17.8 Å². The molecule has 2 heterocycles. The lowest BCUT2D eigenvalue weighted by Gasteiger charge is -2.15. The number of benzene rings is 1. The Bertz CT molecular complexity index is 979. The highest BCUT2D eigenvalue weighted by molar-refractivity contribution is 5.95. The zero-order valence-corrected chi connectivity index (χ0v) is 18.7. The Labute approximate surface area is 184 Å². The summed E-state index contributed by atoms with van der Waals surface area (Å²) in [5, 5.41) is 14.0. The minimum absolute atomic E-state index is 0.252. The third-order valence-electron chi connectivity index (χ3n) is 5.69. The Kier molecular flexibility index (Phi) is 7.93. The van der Waals surface area contributed by atoms with Crippen LogP contribution < -0.4 is 0 Å². The molecule has 0 aliphatic carbocycles. The molecule has 0 saturated heterocycles. The van der Waals surface area contributed by atoms with Crippen molar-refractivity contribution in [1.29, 1.82) is 0 Å². The van der Waals surface area contributed by atoms with E-state index < -0.39 is 5.97 Å². The summed E-state index contributed by atoms with van der Waals surface area (Å²) in [5.41, 5.74) is 2.51. The molecule has 0 aliphatic heterocycles. The molecule has 0 bridgehead atoms. The van der Waals surface area contributed by atoms with Crippen molar-refractivity contribution in [2.45, 2.75) is 59.4 Å². The molecule has 1 N–H and O–H groups in total. The van der Waals surface area contributed by atoms with Gasteiger partial charge in [-0.25, -0.2) is 14.5 Å². The monoisotopic (exact) mass is 420 g/mol. The summed E-state index contributed by atoms with van der Waals surface area (Å²) in [4.78, 5) is 20.4. The van der Waals surface area contributed by atoms with E-state index in [-0.39, 0.29) is 5.56 Å². The Balaban J connectivity index is 1.59.